The van der Waals surface area contributed by atoms with E-state index in [0.29, 0.717) is 23.4 Å². The Morgan fingerprint density at radius 3 is 2.34 bits per heavy atom. The zero-order chi connectivity index (χ0) is 26.8. The van der Waals surface area contributed by atoms with Crippen molar-refractivity contribution >= 4 is 34.2 Å². The van der Waals surface area contributed by atoms with Gasteiger partial charge < -0.3 is 9.13 Å². The molecule has 8 nitrogen and oxygen atoms in total. The van der Waals surface area contributed by atoms with E-state index in [9.17, 15) is 13.6 Å². The Bertz CT molecular complexity index is 1620. The van der Waals surface area contributed by atoms with Gasteiger partial charge in [-0.05, 0) is 42.7 Å². The summed E-state index contributed by atoms with van der Waals surface area (Å²) in [6.45, 7) is 4.76. The molecule has 0 aliphatic carbocycles. The summed E-state index contributed by atoms with van der Waals surface area (Å²) >= 11 is -2.55. The number of para-hydroxylation sites is 1. The quantitative estimate of drug-likeness (QED) is 0.268. The molecule has 2 heterocycles. The van der Waals surface area contributed by atoms with Crippen LogP contribution in [0.5, 0.6) is 0 Å². The Kier molecular flexibility index (Phi) is 7.22. The van der Waals surface area contributed by atoms with Gasteiger partial charge >= 0.3 is 0 Å². The van der Waals surface area contributed by atoms with Gasteiger partial charge in [-0.1, -0.05) is 67.6 Å². The van der Waals surface area contributed by atoms with E-state index in [1.807, 2.05) is 50.4 Å². The van der Waals surface area contributed by atoms with E-state index in [4.69, 9.17) is 4.98 Å². The van der Waals surface area contributed by atoms with Gasteiger partial charge in [0.25, 0.3) is 17.2 Å². The van der Waals surface area contributed by atoms with Gasteiger partial charge in [0.05, 0.1) is 12.2 Å². The van der Waals surface area contributed by atoms with Crippen LogP contribution in [0.2, 0.25) is 0 Å². The molecule has 0 aliphatic heterocycles. The van der Waals surface area contributed by atoms with Crippen LogP contribution in [0.15, 0.2) is 78.9 Å². The fourth-order valence-corrected chi connectivity index (χ4v) is 5.25. The highest BCUT2D eigenvalue weighted by atomic mass is 32.2. The van der Waals surface area contributed by atoms with Gasteiger partial charge in [0.2, 0.25) is 0 Å². The molecule has 1 unspecified atom stereocenters. The highest BCUT2D eigenvalue weighted by Crippen LogP contribution is 2.33. The largest absolute Gasteiger partial charge is 0.316 e. The molecule has 2 aromatic heterocycles. The topological polar surface area (TPSA) is 93.3 Å². The van der Waals surface area contributed by atoms with Crippen LogP contribution < -0.4 is 4.31 Å². The number of imidazole rings is 2. The maximum atomic E-state index is 13.2. The summed E-state index contributed by atoms with van der Waals surface area (Å²) in [6.07, 6.45) is 1.85. The molecule has 9 heteroatoms. The second-order valence-corrected chi connectivity index (χ2v) is 9.97. The molecule has 3 aromatic carbocycles. The van der Waals surface area contributed by atoms with Gasteiger partial charge in [-0.2, -0.15) is 0 Å². The van der Waals surface area contributed by atoms with Crippen molar-refractivity contribution in [2.24, 2.45) is 7.05 Å². The first-order valence-corrected chi connectivity index (χ1v) is 13.5. The maximum absolute atomic E-state index is 13.2. The van der Waals surface area contributed by atoms with E-state index in [0.717, 1.165) is 51.2 Å². The minimum absolute atomic E-state index is 0.333. The average molecular weight is 528 g/mol. The molecule has 5 aromatic rings. The predicted octanol–water partition coefficient (Wildman–Crippen LogP) is 5.53. The van der Waals surface area contributed by atoms with Gasteiger partial charge in [0, 0.05) is 24.6 Å². The lowest BCUT2D eigenvalue weighted by Crippen LogP contribution is -2.32. The van der Waals surface area contributed by atoms with Crippen LogP contribution in [0.25, 0.3) is 22.4 Å². The molecule has 0 radical (unpaired) electrons. The number of anilines is 1. The van der Waals surface area contributed by atoms with Crippen molar-refractivity contribution < 1.29 is 13.6 Å². The standard InChI is InChI=1S/C29H29N5O3S/c1-4-10-26-31-27-28(32(3)20(2)30-27)33(26)19-21-15-17-22(18-16-21)24-13-8-9-14-25(24)34(38(36)37)29(35)23-11-6-5-7-12-23/h5-9,11-18H,4,10,19H2,1-3H3,(H,36,37). The monoisotopic (exact) mass is 527 g/mol. The van der Waals surface area contributed by atoms with Crippen molar-refractivity contribution in [2.75, 3.05) is 4.31 Å². The number of carbonyl (C=O) groups is 1. The number of hydrogen-bond acceptors (Lipinski definition) is 4. The molecule has 5 rings (SSSR count). The molecule has 38 heavy (non-hydrogen) atoms. The average Bonchev–Trinajstić information content (AvgIpc) is 3.39. The van der Waals surface area contributed by atoms with E-state index >= 15 is 0 Å². The SMILES string of the molecule is CCCc1nc2nc(C)n(C)c2n1Cc1ccc(-c2ccccc2N(C(=O)c2ccccc2)S(=O)O)cc1. The van der Waals surface area contributed by atoms with Crippen molar-refractivity contribution in [3.8, 4) is 11.1 Å². The molecular formula is C29H29N5O3S. The van der Waals surface area contributed by atoms with Crippen molar-refractivity contribution in [3.63, 3.8) is 0 Å². The number of rotatable bonds is 8. The Labute approximate surface area is 224 Å². The fraction of sp³-hybridized carbons (Fsp3) is 0.207. The van der Waals surface area contributed by atoms with Crippen LogP contribution in [-0.2, 0) is 31.3 Å². The molecule has 1 N–H and O–H groups in total. The third kappa shape index (κ3) is 4.78. The minimum Gasteiger partial charge on any atom is -0.316 e. The molecular weight excluding hydrogens is 498 g/mol. The Hall–Kier alpha value is -4.08. The fourth-order valence-electron chi connectivity index (χ4n) is 4.67. The molecule has 0 aliphatic rings. The van der Waals surface area contributed by atoms with E-state index in [1.165, 1.54) is 0 Å². The minimum atomic E-state index is -2.55. The second kappa shape index (κ2) is 10.7. The molecule has 1 amide bonds. The van der Waals surface area contributed by atoms with E-state index in [-0.39, 0.29) is 0 Å². The smallest absolute Gasteiger partial charge is 0.272 e. The molecule has 194 valence electrons. The summed E-state index contributed by atoms with van der Waals surface area (Å²) in [5, 5.41) is 0. The first-order valence-electron chi connectivity index (χ1n) is 12.5. The van der Waals surface area contributed by atoms with Gasteiger partial charge in [-0.15, -0.1) is 0 Å². The third-order valence-electron chi connectivity index (χ3n) is 6.64. The van der Waals surface area contributed by atoms with Gasteiger partial charge in [-0.3, -0.25) is 9.35 Å². The Morgan fingerprint density at radius 1 is 0.974 bits per heavy atom. The van der Waals surface area contributed by atoms with Crippen molar-refractivity contribution in [2.45, 2.75) is 33.2 Å². The number of amides is 1. The lowest BCUT2D eigenvalue weighted by Gasteiger charge is -2.21. The van der Waals surface area contributed by atoms with Crippen LogP contribution in [0.4, 0.5) is 5.69 Å². The normalized spacial score (nSPS) is 12.1. The molecule has 0 saturated heterocycles. The lowest BCUT2D eigenvalue weighted by atomic mass is 10.0. The van der Waals surface area contributed by atoms with Crippen molar-refractivity contribution in [1.29, 1.82) is 0 Å². The lowest BCUT2D eigenvalue weighted by molar-refractivity contribution is 0.100. The molecule has 1 atom stereocenters. The van der Waals surface area contributed by atoms with Gasteiger partial charge in [0.1, 0.15) is 11.6 Å². The number of hydrogen-bond donors (Lipinski definition) is 1. The molecule has 0 saturated carbocycles. The summed E-state index contributed by atoms with van der Waals surface area (Å²) in [5.74, 6) is 1.38. The summed E-state index contributed by atoms with van der Waals surface area (Å²) in [7, 11) is 2.01. The van der Waals surface area contributed by atoms with Crippen molar-refractivity contribution in [1.82, 2.24) is 19.1 Å². The summed E-state index contributed by atoms with van der Waals surface area (Å²) < 4.78 is 27.7. The Balaban J connectivity index is 1.49. The molecule has 0 fully saturated rings. The number of fused-ring (bicyclic) bond motifs is 1. The Morgan fingerprint density at radius 2 is 1.66 bits per heavy atom. The van der Waals surface area contributed by atoms with Crippen LogP contribution in [0.1, 0.15) is 40.9 Å². The first kappa shape index (κ1) is 25.6. The zero-order valence-electron chi connectivity index (χ0n) is 21.5. The number of benzene rings is 3. The third-order valence-corrected chi connectivity index (χ3v) is 7.31. The predicted molar refractivity (Wildman–Crippen MR) is 150 cm³/mol. The maximum Gasteiger partial charge on any atom is 0.272 e. The highest BCUT2D eigenvalue weighted by molar-refractivity contribution is 7.81. The number of aromatic nitrogens is 4. The number of nitrogens with zero attached hydrogens (tertiary/aromatic N) is 5. The zero-order valence-corrected chi connectivity index (χ0v) is 22.4. The van der Waals surface area contributed by atoms with E-state index in [2.05, 4.69) is 21.0 Å². The summed E-state index contributed by atoms with van der Waals surface area (Å²) in [4.78, 5) is 22.6. The molecule has 0 spiro atoms. The summed E-state index contributed by atoms with van der Waals surface area (Å²) in [6, 6.07) is 23.7. The summed E-state index contributed by atoms with van der Waals surface area (Å²) in [5.41, 5.74) is 5.07. The number of carbonyl (C=O) groups excluding carboxylic acids is 1. The van der Waals surface area contributed by atoms with Crippen LogP contribution in [-0.4, -0.2) is 33.8 Å². The first-order chi connectivity index (χ1) is 18.4. The van der Waals surface area contributed by atoms with Gasteiger partial charge in [-0.25, -0.2) is 18.5 Å². The van der Waals surface area contributed by atoms with Crippen LogP contribution in [0.3, 0.4) is 0 Å². The van der Waals surface area contributed by atoms with E-state index < -0.39 is 17.2 Å². The molecule has 0 bridgehead atoms. The van der Waals surface area contributed by atoms with Gasteiger partial charge in [0.15, 0.2) is 11.3 Å². The second-order valence-electron chi connectivity index (χ2n) is 9.14. The number of aryl methyl sites for hydroxylation is 3. The highest BCUT2D eigenvalue weighted by Gasteiger charge is 2.25. The van der Waals surface area contributed by atoms with E-state index in [1.54, 1.807) is 42.5 Å². The van der Waals surface area contributed by atoms with Crippen molar-refractivity contribution in [3.05, 3.63) is 102 Å². The van der Waals surface area contributed by atoms with Crippen LogP contribution >= 0.6 is 0 Å². The van der Waals surface area contributed by atoms with Crippen LogP contribution in [0, 0.1) is 6.92 Å².